The van der Waals surface area contributed by atoms with Gasteiger partial charge < -0.3 is 4.57 Å². The summed E-state index contributed by atoms with van der Waals surface area (Å²) in [6.07, 6.45) is 2.03. The van der Waals surface area contributed by atoms with Crippen LogP contribution in [-0.2, 0) is 17.8 Å². The predicted octanol–water partition coefficient (Wildman–Crippen LogP) is 3.90. The minimum Gasteiger partial charge on any atom is -0.340 e. The molecule has 106 valence electrons. The lowest BCUT2D eigenvalue weighted by molar-refractivity contribution is -0.118. The number of ketones is 1. The molecular weight excluding hydrogens is 265 g/mol. The van der Waals surface area contributed by atoms with Gasteiger partial charge in [-0.2, -0.15) is 0 Å². The van der Waals surface area contributed by atoms with Crippen molar-refractivity contribution in [2.24, 2.45) is 0 Å². The number of aromatic nitrogens is 1. The van der Waals surface area contributed by atoms with Gasteiger partial charge in [-0.1, -0.05) is 30.3 Å². The zero-order chi connectivity index (χ0) is 14.8. The average Bonchev–Trinajstić information content (AvgIpc) is 2.84. The van der Waals surface area contributed by atoms with Gasteiger partial charge >= 0.3 is 0 Å². The highest BCUT2D eigenvalue weighted by Gasteiger charge is 2.10. The molecule has 0 unspecified atom stereocenters. The smallest absolute Gasteiger partial charge is 0.156 e. The number of Topliss-reactive ketones (excluding diaryl/α,β-unsaturated/α-hetero) is 1. The molecule has 0 spiro atoms. The minimum absolute atomic E-state index is 0.000828. The third-order valence-electron chi connectivity index (χ3n) is 3.62. The van der Waals surface area contributed by atoms with Crippen molar-refractivity contribution in [3.8, 4) is 0 Å². The van der Waals surface area contributed by atoms with Crippen molar-refractivity contribution in [1.82, 2.24) is 4.57 Å². The summed E-state index contributed by atoms with van der Waals surface area (Å²) < 4.78 is 15.5. The highest BCUT2D eigenvalue weighted by molar-refractivity contribution is 5.85. The molecule has 0 aliphatic rings. The van der Waals surface area contributed by atoms with Crippen LogP contribution in [0.1, 0.15) is 11.1 Å². The molecule has 0 saturated heterocycles. The maximum Gasteiger partial charge on any atom is 0.156 e. The first-order chi connectivity index (χ1) is 10.1. The summed E-state index contributed by atoms with van der Waals surface area (Å²) in [5.41, 5.74) is 2.65. The molecule has 0 bridgehead atoms. The van der Waals surface area contributed by atoms with Crippen molar-refractivity contribution in [2.75, 3.05) is 0 Å². The van der Waals surface area contributed by atoms with Crippen molar-refractivity contribution >= 4 is 16.7 Å². The number of halogens is 1. The van der Waals surface area contributed by atoms with Gasteiger partial charge in [0.1, 0.15) is 5.82 Å². The molecule has 0 aliphatic carbocycles. The summed E-state index contributed by atoms with van der Waals surface area (Å²) >= 11 is 0. The predicted molar refractivity (Wildman–Crippen MR) is 81.8 cm³/mol. The van der Waals surface area contributed by atoms with Gasteiger partial charge in [0.2, 0.25) is 0 Å². The molecule has 0 aliphatic heterocycles. The fourth-order valence-electron chi connectivity index (χ4n) is 2.53. The molecule has 0 saturated carbocycles. The van der Waals surface area contributed by atoms with E-state index in [0.29, 0.717) is 5.56 Å². The number of nitrogens with zero attached hydrogens (tertiary/aromatic N) is 1. The molecule has 1 heterocycles. The van der Waals surface area contributed by atoms with Crippen LogP contribution in [0.4, 0.5) is 4.39 Å². The lowest BCUT2D eigenvalue weighted by atomic mass is 10.1. The van der Waals surface area contributed by atoms with Crippen molar-refractivity contribution in [3.63, 3.8) is 0 Å². The molecule has 0 amide bonds. The fraction of sp³-hybridized carbons (Fsp3) is 0.167. The van der Waals surface area contributed by atoms with E-state index in [0.717, 1.165) is 16.5 Å². The van der Waals surface area contributed by atoms with Gasteiger partial charge in [0, 0.05) is 18.1 Å². The van der Waals surface area contributed by atoms with Crippen LogP contribution in [0.5, 0.6) is 0 Å². The fourth-order valence-corrected chi connectivity index (χ4v) is 2.53. The summed E-state index contributed by atoms with van der Waals surface area (Å²) in [6.45, 7) is 2.29. The topological polar surface area (TPSA) is 22.0 Å². The summed E-state index contributed by atoms with van der Waals surface area (Å²) in [4.78, 5) is 12.2. The molecule has 3 rings (SSSR count). The van der Waals surface area contributed by atoms with Gasteiger partial charge in [0.25, 0.3) is 0 Å². The van der Waals surface area contributed by atoms with Crippen LogP contribution >= 0.6 is 0 Å². The zero-order valence-corrected chi connectivity index (χ0v) is 11.8. The molecule has 0 atom stereocenters. The van der Waals surface area contributed by atoms with E-state index in [2.05, 4.69) is 6.07 Å². The Hall–Kier alpha value is -2.42. The van der Waals surface area contributed by atoms with Crippen LogP contribution < -0.4 is 0 Å². The number of aryl methyl sites for hydroxylation is 1. The summed E-state index contributed by atoms with van der Waals surface area (Å²) in [6, 6.07) is 14.6. The van der Waals surface area contributed by atoms with Crippen LogP contribution in [0.25, 0.3) is 10.9 Å². The Balaban J connectivity index is 1.80. The lowest BCUT2D eigenvalue weighted by Gasteiger charge is -2.06. The van der Waals surface area contributed by atoms with Crippen LogP contribution in [-0.4, -0.2) is 10.4 Å². The average molecular weight is 281 g/mol. The number of hydrogen-bond acceptors (Lipinski definition) is 1. The third-order valence-corrected chi connectivity index (χ3v) is 3.62. The van der Waals surface area contributed by atoms with E-state index in [9.17, 15) is 9.18 Å². The van der Waals surface area contributed by atoms with Gasteiger partial charge in [-0.3, -0.25) is 4.79 Å². The van der Waals surface area contributed by atoms with Crippen molar-refractivity contribution in [3.05, 3.63) is 71.7 Å². The Morgan fingerprint density at radius 2 is 1.95 bits per heavy atom. The summed E-state index contributed by atoms with van der Waals surface area (Å²) in [5.74, 6) is -0.321. The van der Waals surface area contributed by atoms with E-state index < -0.39 is 0 Å². The number of carbonyl (C=O) groups excluding carboxylic acids is 1. The Morgan fingerprint density at radius 3 is 2.76 bits per heavy atom. The second-order valence-electron chi connectivity index (χ2n) is 5.31. The first-order valence-corrected chi connectivity index (χ1v) is 6.94. The first-order valence-electron chi connectivity index (χ1n) is 6.94. The Kier molecular flexibility index (Phi) is 3.57. The summed E-state index contributed by atoms with van der Waals surface area (Å²) in [5, 5.41) is 1.11. The molecule has 2 nitrogen and oxygen atoms in total. The van der Waals surface area contributed by atoms with E-state index in [1.165, 1.54) is 6.07 Å². The number of rotatable bonds is 4. The molecule has 0 radical (unpaired) electrons. The monoisotopic (exact) mass is 281 g/mol. The molecule has 21 heavy (non-hydrogen) atoms. The zero-order valence-electron chi connectivity index (χ0n) is 11.8. The molecule has 1 aromatic heterocycles. The molecule has 0 N–H and O–H groups in total. The summed E-state index contributed by atoms with van der Waals surface area (Å²) in [7, 11) is 0. The molecule has 0 fully saturated rings. The maximum absolute atomic E-state index is 13.6. The minimum atomic E-state index is -0.320. The van der Waals surface area contributed by atoms with Gasteiger partial charge in [-0.05, 0) is 41.6 Å². The van der Waals surface area contributed by atoms with Crippen LogP contribution in [0.15, 0.2) is 54.7 Å². The second kappa shape index (κ2) is 5.52. The van der Waals surface area contributed by atoms with E-state index in [1.807, 2.05) is 35.9 Å². The molecular formula is C18H16FNO. The van der Waals surface area contributed by atoms with Crippen LogP contribution in [0.2, 0.25) is 0 Å². The van der Waals surface area contributed by atoms with Crippen LogP contribution in [0.3, 0.4) is 0 Å². The van der Waals surface area contributed by atoms with E-state index in [1.54, 1.807) is 18.2 Å². The quantitative estimate of drug-likeness (QED) is 0.711. The highest BCUT2D eigenvalue weighted by Crippen LogP contribution is 2.18. The Labute approximate surface area is 122 Å². The molecule has 3 heteroatoms. The van der Waals surface area contributed by atoms with E-state index >= 15 is 0 Å². The van der Waals surface area contributed by atoms with Crippen molar-refractivity contribution < 1.29 is 9.18 Å². The highest BCUT2D eigenvalue weighted by atomic mass is 19.1. The van der Waals surface area contributed by atoms with Crippen molar-refractivity contribution in [1.29, 1.82) is 0 Å². The van der Waals surface area contributed by atoms with Crippen LogP contribution in [0, 0.1) is 12.7 Å². The Bertz CT molecular complexity index is 804. The van der Waals surface area contributed by atoms with E-state index in [4.69, 9.17) is 0 Å². The standard InChI is InChI=1S/C18H16FNO/c1-13-6-7-14-8-9-20(18(14)10-13)12-16(21)11-15-4-2-3-5-17(15)19/h2-10H,11-12H2,1H3. The van der Waals surface area contributed by atoms with Crippen molar-refractivity contribution in [2.45, 2.75) is 19.9 Å². The largest absolute Gasteiger partial charge is 0.340 e. The number of carbonyl (C=O) groups is 1. The SMILES string of the molecule is Cc1ccc2ccn(CC(=O)Cc3ccccc3F)c2c1. The number of hydrogen-bond donors (Lipinski definition) is 0. The third kappa shape index (κ3) is 2.87. The molecule has 3 aromatic rings. The van der Waals surface area contributed by atoms with Gasteiger partial charge in [-0.15, -0.1) is 0 Å². The lowest BCUT2D eigenvalue weighted by Crippen LogP contribution is -2.12. The number of fused-ring (bicyclic) bond motifs is 1. The second-order valence-corrected chi connectivity index (χ2v) is 5.31. The maximum atomic E-state index is 13.6. The molecule has 2 aromatic carbocycles. The normalized spacial score (nSPS) is 11.0. The Morgan fingerprint density at radius 1 is 1.14 bits per heavy atom. The van der Waals surface area contributed by atoms with E-state index in [-0.39, 0.29) is 24.6 Å². The van der Waals surface area contributed by atoms with Gasteiger partial charge in [0.15, 0.2) is 5.78 Å². The van der Waals surface area contributed by atoms with Gasteiger partial charge in [0.05, 0.1) is 6.54 Å². The number of benzene rings is 2. The van der Waals surface area contributed by atoms with Gasteiger partial charge in [-0.25, -0.2) is 4.39 Å². The first kappa shape index (κ1) is 13.6.